The number of nitrogens with zero attached hydrogens (tertiary/aromatic N) is 3. The lowest BCUT2D eigenvalue weighted by Gasteiger charge is -2.15. The highest BCUT2D eigenvalue weighted by atomic mass is 35.5. The quantitative estimate of drug-likeness (QED) is 0.410. The van der Waals surface area contributed by atoms with E-state index in [0.29, 0.717) is 10.6 Å². The molecule has 1 heterocycles. The van der Waals surface area contributed by atoms with Crippen LogP contribution in [0.1, 0.15) is 42.5 Å². The first-order valence-corrected chi connectivity index (χ1v) is 10.6. The Hall–Kier alpha value is -2.63. The number of hydrogen-bond acceptors (Lipinski definition) is 6. The average molecular weight is 431 g/mol. The van der Waals surface area contributed by atoms with Gasteiger partial charge in [-0.3, -0.25) is 14.9 Å². The number of carbonyl (C=O) groups is 1. The van der Waals surface area contributed by atoms with Gasteiger partial charge in [-0.15, -0.1) is 0 Å². The summed E-state index contributed by atoms with van der Waals surface area (Å²) in [4.78, 5) is 27.3. The Bertz CT molecular complexity index is 990. The number of benzene rings is 1. The van der Waals surface area contributed by atoms with Gasteiger partial charge in [-0.1, -0.05) is 36.2 Å². The normalized spacial score (nSPS) is 13.5. The molecule has 29 heavy (non-hydrogen) atoms. The van der Waals surface area contributed by atoms with Crippen molar-refractivity contribution in [1.82, 2.24) is 4.98 Å². The average Bonchev–Trinajstić information content (AvgIpc) is 2.68. The van der Waals surface area contributed by atoms with Crippen LogP contribution in [0.4, 0.5) is 11.4 Å². The molecule has 0 saturated carbocycles. The highest BCUT2D eigenvalue weighted by Crippen LogP contribution is 2.29. The van der Waals surface area contributed by atoms with Crippen molar-refractivity contribution < 1.29 is 9.72 Å². The molecule has 0 saturated heterocycles. The van der Waals surface area contributed by atoms with Crippen LogP contribution in [0, 0.1) is 21.4 Å². The number of nitriles is 1. The van der Waals surface area contributed by atoms with Gasteiger partial charge in [0.25, 0.3) is 5.69 Å². The summed E-state index contributed by atoms with van der Waals surface area (Å²) in [5.74, 6) is -0.366. The Morgan fingerprint density at radius 3 is 2.76 bits per heavy atom. The molecule has 1 N–H and O–H groups in total. The number of non-ortho nitro benzene ring substituents is 1. The lowest BCUT2D eigenvalue weighted by atomic mass is 9.96. The molecule has 0 aliphatic heterocycles. The summed E-state index contributed by atoms with van der Waals surface area (Å²) in [7, 11) is 0. The van der Waals surface area contributed by atoms with E-state index in [4.69, 9.17) is 11.6 Å². The summed E-state index contributed by atoms with van der Waals surface area (Å²) in [6.07, 6.45) is 6.34. The summed E-state index contributed by atoms with van der Waals surface area (Å²) >= 11 is 7.20. The van der Waals surface area contributed by atoms with Crippen LogP contribution in [0.2, 0.25) is 5.02 Å². The molecule has 0 spiro atoms. The number of nitro groups is 1. The van der Waals surface area contributed by atoms with Gasteiger partial charge in [-0.05, 0) is 43.4 Å². The minimum atomic E-state index is -0.554. The molecule has 1 aliphatic rings. The van der Waals surface area contributed by atoms with Crippen LogP contribution >= 0.6 is 23.4 Å². The predicted octanol–water partition coefficient (Wildman–Crippen LogP) is 4.90. The number of hydrogen-bond donors (Lipinski definition) is 1. The van der Waals surface area contributed by atoms with Crippen LogP contribution in [0.25, 0.3) is 0 Å². The third-order valence-electron chi connectivity index (χ3n) is 4.66. The maximum absolute atomic E-state index is 12.3. The third-order valence-corrected chi connectivity index (χ3v) is 5.98. The maximum atomic E-state index is 12.3. The van der Waals surface area contributed by atoms with Gasteiger partial charge in [0.1, 0.15) is 11.1 Å². The van der Waals surface area contributed by atoms with Crippen molar-refractivity contribution in [3.63, 3.8) is 0 Å². The molecule has 150 valence electrons. The first-order valence-electron chi connectivity index (χ1n) is 9.27. The van der Waals surface area contributed by atoms with Crippen LogP contribution in [-0.4, -0.2) is 21.6 Å². The number of rotatable bonds is 5. The van der Waals surface area contributed by atoms with Crippen molar-refractivity contribution in [3.8, 4) is 6.07 Å². The molecule has 1 aromatic carbocycles. The molecule has 1 aliphatic carbocycles. The number of fused-ring (bicyclic) bond motifs is 1. The number of pyridine rings is 1. The SMILES string of the molecule is N#Cc1cc2c(nc1SCC(=O)Nc1cc([N+](=O)[O-])ccc1Cl)CCCCCC2. The molecule has 3 rings (SSSR count). The molecular weight excluding hydrogens is 412 g/mol. The van der Waals surface area contributed by atoms with E-state index in [2.05, 4.69) is 16.4 Å². The number of nitro benzene ring substituents is 1. The molecule has 0 bridgehead atoms. The zero-order chi connectivity index (χ0) is 20.8. The van der Waals surface area contributed by atoms with Crippen LogP contribution in [-0.2, 0) is 17.6 Å². The van der Waals surface area contributed by atoms with E-state index in [-0.39, 0.29) is 28.1 Å². The van der Waals surface area contributed by atoms with Gasteiger partial charge in [0.05, 0.1) is 26.9 Å². The van der Waals surface area contributed by atoms with Gasteiger partial charge in [0.15, 0.2) is 0 Å². The molecule has 0 atom stereocenters. The molecule has 2 aromatic rings. The lowest BCUT2D eigenvalue weighted by molar-refractivity contribution is -0.384. The first-order chi connectivity index (χ1) is 14.0. The first kappa shape index (κ1) is 21.1. The summed E-state index contributed by atoms with van der Waals surface area (Å²) in [5.41, 5.74) is 2.62. The van der Waals surface area contributed by atoms with Gasteiger partial charge < -0.3 is 5.32 Å². The number of anilines is 1. The van der Waals surface area contributed by atoms with Crippen LogP contribution in [0.5, 0.6) is 0 Å². The van der Waals surface area contributed by atoms with Crippen molar-refractivity contribution in [3.05, 3.63) is 56.2 Å². The van der Waals surface area contributed by atoms with Crippen molar-refractivity contribution in [2.24, 2.45) is 0 Å². The van der Waals surface area contributed by atoms with E-state index in [1.807, 2.05) is 6.07 Å². The number of amides is 1. The molecule has 0 radical (unpaired) electrons. The zero-order valence-electron chi connectivity index (χ0n) is 15.6. The van der Waals surface area contributed by atoms with Gasteiger partial charge in [-0.25, -0.2) is 4.98 Å². The third kappa shape index (κ3) is 5.46. The fraction of sp³-hybridized carbons (Fsp3) is 0.350. The lowest BCUT2D eigenvalue weighted by Crippen LogP contribution is -2.15. The second-order valence-electron chi connectivity index (χ2n) is 6.73. The summed E-state index contributed by atoms with van der Waals surface area (Å²) in [6, 6.07) is 7.92. The molecule has 7 nitrogen and oxygen atoms in total. The number of halogens is 1. The number of carbonyl (C=O) groups excluding carboxylic acids is 1. The predicted molar refractivity (Wildman–Crippen MR) is 112 cm³/mol. The van der Waals surface area contributed by atoms with Crippen LogP contribution in [0.3, 0.4) is 0 Å². The molecule has 0 fully saturated rings. The Morgan fingerprint density at radius 2 is 2.03 bits per heavy atom. The van der Waals surface area contributed by atoms with Gasteiger partial charge >= 0.3 is 0 Å². The van der Waals surface area contributed by atoms with Gasteiger partial charge in [-0.2, -0.15) is 5.26 Å². The maximum Gasteiger partial charge on any atom is 0.271 e. The van der Waals surface area contributed by atoms with Crippen molar-refractivity contribution in [1.29, 1.82) is 5.26 Å². The Labute approximate surface area is 177 Å². The fourth-order valence-corrected chi connectivity index (χ4v) is 4.14. The largest absolute Gasteiger partial charge is 0.324 e. The number of aromatic nitrogens is 1. The fourth-order valence-electron chi connectivity index (χ4n) is 3.20. The van der Waals surface area contributed by atoms with Gasteiger partial charge in [0.2, 0.25) is 5.91 Å². The van der Waals surface area contributed by atoms with E-state index in [1.54, 1.807) is 0 Å². The summed E-state index contributed by atoms with van der Waals surface area (Å²) in [6.45, 7) is 0. The molecule has 1 aromatic heterocycles. The molecule has 9 heteroatoms. The minimum Gasteiger partial charge on any atom is -0.324 e. The van der Waals surface area contributed by atoms with Crippen molar-refractivity contribution in [2.75, 3.05) is 11.1 Å². The summed E-state index contributed by atoms with van der Waals surface area (Å²) in [5, 5.41) is 23.7. The number of aryl methyl sites for hydroxylation is 2. The monoisotopic (exact) mass is 430 g/mol. The second-order valence-corrected chi connectivity index (χ2v) is 8.10. The molecular formula is C20H19ClN4O3S. The highest BCUT2D eigenvalue weighted by Gasteiger charge is 2.16. The molecule has 1 amide bonds. The molecule has 0 unspecified atom stereocenters. The van der Waals surface area contributed by atoms with E-state index < -0.39 is 4.92 Å². The topological polar surface area (TPSA) is 109 Å². The Balaban J connectivity index is 1.71. The van der Waals surface area contributed by atoms with Crippen molar-refractivity contribution >= 4 is 40.6 Å². The van der Waals surface area contributed by atoms with Gasteiger partial charge in [0, 0.05) is 17.8 Å². The van der Waals surface area contributed by atoms with E-state index >= 15 is 0 Å². The Morgan fingerprint density at radius 1 is 1.28 bits per heavy atom. The smallest absolute Gasteiger partial charge is 0.271 e. The zero-order valence-corrected chi connectivity index (χ0v) is 17.2. The van der Waals surface area contributed by atoms with E-state index in [1.165, 1.54) is 42.8 Å². The minimum absolute atomic E-state index is 0.0134. The van der Waals surface area contributed by atoms with E-state index in [0.717, 1.165) is 36.9 Å². The Kier molecular flexibility index (Phi) is 7.07. The summed E-state index contributed by atoms with van der Waals surface area (Å²) < 4.78 is 0. The number of thioether (sulfide) groups is 1. The highest BCUT2D eigenvalue weighted by molar-refractivity contribution is 8.00. The van der Waals surface area contributed by atoms with Crippen LogP contribution < -0.4 is 5.32 Å². The van der Waals surface area contributed by atoms with Crippen LogP contribution in [0.15, 0.2) is 29.3 Å². The van der Waals surface area contributed by atoms with E-state index in [9.17, 15) is 20.2 Å². The van der Waals surface area contributed by atoms with Crippen molar-refractivity contribution in [2.45, 2.75) is 43.6 Å². The second kappa shape index (κ2) is 9.72. The standard InChI is InChI=1S/C20H19ClN4O3S/c21-16-8-7-15(25(27)28)10-18(16)23-19(26)12-29-20-14(11-22)9-13-5-3-1-2-4-6-17(13)24-20/h7-10H,1-6,12H2,(H,23,26). The number of nitrogens with one attached hydrogen (secondary N) is 1.